The molecule has 0 spiro atoms. The number of nitrogens with zero attached hydrogens (tertiary/aromatic N) is 1. The fourth-order valence-corrected chi connectivity index (χ4v) is 3.56. The lowest BCUT2D eigenvalue weighted by molar-refractivity contribution is -0.136. The maximum absolute atomic E-state index is 12.3. The van der Waals surface area contributed by atoms with Crippen LogP contribution in [-0.2, 0) is 14.4 Å². The molecule has 0 aliphatic heterocycles. The molecule has 3 N–H and O–H groups in total. The summed E-state index contributed by atoms with van der Waals surface area (Å²) < 4.78 is 10.9. The molecule has 192 valence electrons. The SMILES string of the molecule is COc1cc(/C=N\NC(=O)C(=O)Nc2c(C)cccc2C)ccc1OCC(=O)Nc1cccc(Cl)c1Cl. The molecule has 0 heterocycles. The summed E-state index contributed by atoms with van der Waals surface area (Å²) in [5.74, 6) is -1.57. The summed E-state index contributed by atoms with van der Waals surface area (Å²) in [5.41, 5.74) is 5.36. The highest BCUT2D eigenvalue weighted by Gasteiger charge is 2.15. The fraction of sp³-hybridized carbons (Fsp3) is 0.154. The van der Waals surface area contributed by atoms with Crippen LogP contribution in [0.15, 0.2) is 59.7 Å². The van der Waals surface area contributed by atoms with Gasteiger partial charge in [0.15, 0.2) is 18.1 Å². The molecule has 0 radical (unpaired) electrons. The summed E-state index contributed by atoms with van der Waals surface area (Å²) in [7, 11) is 1.44. The quantitative estimate of drug-likeness (QED) is 0.216. The van der Waals surface area contributed by atoms with Gasteiger partial charge in [-0.1, -0.05) is 47.5 Å². The Morgan fingerprint density at radius 3 is 2.32 bits per heavy atom. The van der Waals surface area contributed by atoms with Gasteiger partial charge in [-0.3, -0.25) is 14.4 Å². The van der Waals surface area contributed by atoms with E-state index in [-0.39, 0.29) is 11.6 Å². The van der Waals surface area contributed by atoms with Crippen molar-refractivity contribution >= 4 is 58.5 Å². The highest BCUT2D eigenvalue weighted by atomic mass is 35.5. The molecule has 37 heavy (non-hydrogen) atoms. The average Bonchev–Trinajstić information content (AvgIpc) is 2.87. The molecule has 3 amide bonds. The van der Waals surface area contributed by atoms with E-state index in [1.807, 2.05) is 32.0 Å². The van der Waals surface area contributed by atoms with Gasteiger partial charge >= 0.3 is 11.8 Å². The third-order valence-electron chi connectivity index (χ3n) is 5.08. The number of methoxy groups -OCH3 is 1. The van der Waals surface area contributed by atoms with E-state index >= 15 is 0 Å². The van der Waals surface area contributed by atoms with E-state index in [4.69, 9.17) is 32.7 Å². The van der Waals surface area contributed by atoms with Crippen LogP contribution in [0, 0.1) is 13.8 Å². The molecule has 3 aromatic carbocycles. The third-order valence-corrected chi connectivity index (χ3v) is 5.90. The summed E-state index contributed by atoms with van der Waals surface area (Å²) in [6, 6.07) is 15.2. The summed E-state index contributed by atoms with van der Waals surface area (Å²) in [4.78, 5) is 36.6. The number of aryl methyl sites for hydroxylation is 2. The van der Waals surface area contributed by atoms with Crippen molar-refractivity contribution in [2.75, 3.05) is 24.4 Å². The number of carbonyl (C=O) groups excluding carboxylic acids is 3. The van der Waals surface area contributed by atoms with E-state index in [0.717, 1.165) is 11.1 Å². The molecule has 0 aromatic heterocycles. The van der Waals surface area contributed by atoms with Crippen molar-refractivity contribution in [1.29, 1.82) is 0 Å². The largest absolute Gasteiger partial charge is 0.493 e. The molecular weight excluding hydrogens is 519 g/mol. The predicted octanol–water partition coefficient (Wildman–Crippen LogP) is 4.73. The zero-order chi connectivity index (χ0) is 26.9. The molecule has 0 fully saturated rings. The lowest BCUT2D eigenvalue weighted by Gasteiger charge is -2.12. The number of anilines is 2. The summed E-state index contributed by atoms with van der Waals surface area (Å²) in [5, 5.41) is 9.58. The maximum Gasteiger partial charge on any atom is 0.329 e. The van der Waals surface area contributed by atoms with Gasteiger partial charge in [-0.25, -0.2) is 5.43 Å². The van der Waals surface area contributed by atoms with Crippen LogP contribution in [0.1, 0.15) is 16.7 Å². The number of carbonyl (C=O) groups is 3. The lowest BCUT2D eigenvalue weighted by Crippen LogP contribution is -2.32. The zero-order valence-corrected chi connectivity index (χ0v) is 21.7. The Morgan fingerprint density at radius 2 is 1.62 bits per heavy atom. The molecule has 11 heteroatoms. The van der Waals surface area contributed by atoms with Crippen molar-refractivity contribution < 1.29 is 23.9 Å². The Hall–Kier alpha value is -4.08. The molecule has 0 aliphatic rings. The van der Waals surface area contributed by atoms with Gasteiger partial charge in [0.25, 0.3) is 5.91 Å². The highest BCUT2D eigenvalue weighted by Crippen LogP contribution is 2.30. The highest BCUT2D eigenvalue weighted by molar-refractivity contribution is 6.44. The van der Waals surface area contributed by atoms with Crippen LogP contribution < -0.4 is 25.5 Å². The number of benzene rings is 3. The number of rotatable bonds is 8. The molecule has 0 atom stereocenters. The van der Waals surface area contributed by atoms with Crippen molar-refractivity contribution in [3.05, 3.63) is 81.3 Å². The molecule has 3 aromatic rings. The number of hydrogen-bond acceptors (Lipinski definition) is 6. The molecule has 0 saturated carbocycles. The number of hydrogen-bond donors (Lipinski definition) is 3. The second kappa shape index (κ2) is 12.8. The molecule has 3 rings (SSSR count). The molecule has 0 aliphatic carbocycles. The van der Waals surface area contributed by atoms with E-state index in [1.54, 1.807) is 36.4 Å². The first-order chi connectivity index (χ1) is 17.7. The summed E-state index contributed by atoms with van der Waals surface area (Å²) >= 11 is 12.0. The van der Waals surface area contributed by atoms with E-state index in [2.05, 4.69) is 21.2 Å². The maximum atomic E-state index is 12.3. The van der Waals surface area contributed by atoms with Gasteiger partial charge in [-0.15, -0.1) is 0 Å². The van der Waals surface area contributed by atoms with Crippen LogP contribution in [0.4, 0.5) is 11.4 Å². The summed E-state index contributed by atoms with van der Waals surface area (Å²) in [6.07, 6.45) is 1.34. The lowest BCUT2D eigenvalue weighted by atomic mass is 10.1. The zero-order valence-electron chi connectivity index (χ0n) is 20.2. The monoisotopic (exact) mass is 542 g/mol. The van der Waals surface area contributed by atoms with Gasteiger partial charge in [0, 0.05) is 5.69 Å². The van der Waals surface area contributed by atoms with Gasteiger partial charge < -0.3 is 20.1 Å². The normalized spacial score (nSPS) is 10.6. The number of halogens is 2. The molecule has 0 unspecified atom stereocenters. The molecular formula is C26H24Cl2N4O5. The van der Waals surface area contributed by atoms with Gasteiger partial charge in [0.05, 0.1) is 29.1 Å². The minimum absolute atomic E-state index is 0.230. The van der Waals surface area contributed by atoms with E-state index < -0.39 is 17.7 Å². The Kier molecular flexibility index (Phi) is 9.48. The van der Waals surface area contributed by atoms with E-state index in [0.29, 0.717) is 33.5 Å². The number of amides is 3. The first-order valence-corrected chi connectivity index (χ1v) is 11.7. The minimum Gasteiger partial charge on any atom is -0.493 e. The van der Waals surface area contributed by atoms with Gasteiger partial charge in [0.1, 0.15) is 0 Å². The predicted molar refractivity (Wildman–Crippen MR) is 144 cm³/mol. The van der Waals surface area contributed by atoms with Crippen LogP contribution >= 0.6 is 23.2 Å². The number of nitrogens with one attached hydrogen (secondary N) is 3. The number of hydrazone groups is 1. The second-order valence-electron chi connectivity index (χ2n) is 7.77. The van der Waals surface area contributed by atoms with Crippen LogP contribution in [-0.4, -0.2) is 37.7 Å². The van der Waals surface area contributed by atoms with Crippen molar-refractivity contribution in [1.82, 2.24) is 5.43 Å². The van der Waals surface area contributed by atoms with Crippen LogP contribution in [0.3, 0.4) is 0 Å². The third kappa shape index (κ3) is 7.45. The fourth-order valence-electron chi connectivity index (χ4n) is 3.21. The molecule has 0 bridgehead atoms. The van der Waals surface area contributed by atoms with E-state index in [1.165, 1.54) is 13.3 Å². The minimum atomic E-state index is -0.920. The first-order valence-electron chi connectivity index (χ1n) is 10.9. The van der Waals surface area contributed by atoms with Gasteiger partial charge in [-0.2, -0.15) is 5.10 Å². The van der Waals surface area contributed by atoms with Gasteiger partial charge in [0.2, 0.25) is 0 Å². The second-order valence-corrected chi connectivity index (χ2v) is 8.55. The standard InChI is InChI=1S/C26H24Cl2N4O5/c1-15-6-4-7-16(2)24(15)31-25(34)26(35)32-29-13-17-10-11-20(21(12-17)36-3)37-14-22(33)30-19-9-5-8-18(27)23(19)28/h4-13H,14H2,1-3H3,(H,30,33)(H,31,34)(H,32,35)/b29-13-. The van der Waals surface area contributed by atoms with Crippen LogP contribution in [0.2, 0.25) is 10.0 Å². The Labute approximate surface area is 223 Å². The van der Waals surface area contributed by atoms with Crippen molar-refractivity contribution in [2.45, 2.75) is 13.8 Å². The number of para-hydroxylation sites is 1. The Bertz CT molecular complexity index is 1340. The Morgan fingerprint density at radius 1 is 0.919 bits per heavy atom. The Balaban J connectivity index is 1.56. The first kappa shape index (κ1) is 27.5. The van der Waals surface area contributed by atoms with Crippen molar-refractivity contribution in [3.63, 3.8) is 0 Å². The molecule has 9 nitrogen and oxygen atoms in total. The van der Waals surface area contributed by atoms with Crippen molar-refractivity contribution in [2.24, 2.45) is 5.10 Å². The van der Waals surface area contributed by atoms with E-state index in [9.17, 15) is 14.4 Å². The van der Waals surface area contributed by atoms with Crippen molar-refractivity contribution in [3.8, 4) is 11.5 Å². The van der Waals surface area contributed by atoms with Crippen LogP contribution in [0.5, 0.6) is 11.5 Å². The molecule has 0 saturated heterocycles. The number of ether oxygens (including phenoxy) is 2. The summed E-state index contributed by atoms with van der Waals surface area (Å²) in [6.45, 7) is 3.36. The van der Waals surface area contributed by atoms with Gasteiger partial charge in [-0.05, 0) is 60.9 Å². The topological polar surface area (TPSA) is 118 Å². The van der Waals surface area contributed by atoms with Crippen LogP contribution in [0.25, 0.3) is 0 Å². The average molecular weight is 543 g/mol. The smallest absolute Gasteiger partial charge is 0.329 e.